The molecule has 1 aromatic heterocycles. The van der Waals surface area contributed by atoms with Crippen molar-refractivity contribution < 1.29 is 13.7 Å². The smallest absolute Gasteiger partial charge is 0.273 e. The molecule has 0 spiro atoms. The Bertz CT molecular complexity index is 1100. The lowest BCUT2D eigenvalue weighted by Crippen LogP contribution is -2.50. The molecule has 2 aromatic carbocycles. The van der Waals surface area contributed by atoms with Crippen LogP contribution in [0.3, 0.4) is 0 Å². The maximum atomic E-state index is 14.6. The number of anilines is 2. The maximum Gasteiger partial charge on any atom is 0.273 e. The van der Waals surface area contributed by atoms with Crippen molar-refractivity contribution in [2.24, 2.45) is 10.7 Å². The van der Waals surface area contributed by atoms with E-state index in [9.17, 15) is 9.18 Å². The molecular formula is C21H19FN4O2. The summed E-state index contributed by atoms with van der Waals surface area (Å²) < 4.78 is 19.9. The summed E-state index contributed by atoms with van der Waals surface area (Å²) >= 11 is 0. The van der Waals surface area contributed by atoms with Gasteiger partial charge in [0.25, 0.3) is 5.91 Å². The van der Waals surface area contributed by atoms with Crippen LogP contribution in [-0.4, -0.2) is 22.4 Å². The predicted octanol–water partition coefficient (Wildman–Crippen LogP) is 3.62. The van der Waals surface area contributed by atoms with Crippen molar-refractivity contribution in [2.45, 2.75) is 26.4 Å². The van der Waals surface area contributed by atoms with Crippen LogP contribution in [0.15, 0.2) is 58.0 Å². The van der Waals surface area contributed by atoms with Crippen LogP contribution in [-0.2, 0) is 4.79 Å². The Labute approximate surface area is 161 Å². The fourth-order valence-electron chi connectivity index (χ4n) is 3.42. The second-order valence-electron chi connectivity index (χ2n) is 6.92. The standard InChI is InChI=1S/C21H19FN4O2/c1-12-19(13(2)28-25-12)26-17-11-7-5-9-15(17)18(24-21(3,23)20(26)27)14-8-4-6-10-16(14)22/h4-11H,23H2,1-3H3. The summed E-state index contributed by atoms with van der Waals surface area (Å²) in [5.41, 5.74) is 7.50. The van der Waals surface area contributed by atoms with Crippen LogP contribution < -0.4 is 10.6 Å². The van der Waals surface area contributed by atoms with Crippen LogP contribution in [0.2, 0.25) is 0 Å². The molecule has 1 amide bonds. The summed E-state index contributed by atoms with van der Waals surface area (Å²) in [5, 5.41) is 3.96. The highest BCUT2D eigenvalue weighted by molar-refractivity contribution is 6.22. The van der Waals surface area contributed by atoms with Gasteiger partial charge in [-0.1, -0.05) is 35.5 Å². The van der Waals surface area contributed by atoms with E-state index in [1.165, 1.54) is 17.9 Å². The van der Waals surface area contributed by atoms with E-state index in [0.29, 0.717) is 34.1 Å². The van der Waals surface area contributed by atoms with Gasteiger partial charge in [-0.2, -0.15) is 0 Å². The fraction of sp³-hybridized carbons (Fsp3) is 0.190. The quantitative estimate of drug-likeness (QED) is 0.738. The van der Waals surface area contributed by atoms with Crippen LogP contribution in [0.4, 0.5) is 15.8 Å². The Hall–Kier alpha value is -3.32. The van der Waals surface area contributed by atoms with Crippen molar-refractivity contribution in [2.75, 3.05) is 4.90 Å². The molecular weight excluding hydrogens is 359 g/mol. The van der Waals surface area contributed by atoms with Crippen molar-refractivity contribution in [3.8, 4) is 0 Å². The van der Waals surface area contributed by atoms with E-state index in [4.69, 9.17) is 10.3 Å². The molecule has 0 saturated heterocycles. The van der Waals surface area contributed by atoms with E-state index in [1.807, 2.05) is 6.07 Å². The van der Waals surface area contributed by atoms with E-state index >= 15 is 0 Å². The predicted molar refractivity (Wildman–Crippen MR) is 104 cm³/mol. The first-order valence-electron chi connectivity index (χ1n) is 8.81. The van der Waals surface area contributed by atoms with E-state index in [1.54, 1.807) is 50.2 Å². The lowest BCUT2D eigenvalue weighted by Gasteiger charge is -2.27. The number of hydrogen-bond donors (Lipinski definition) is 1. The summed E-state index contributed by atoms with van der Waals surface area (Å²) in [6.07, 6.45) is 0. The third-order valence-electron chi connectivity index (χ3n) is 4.73. The molecule has 1 aliphatic heterocycles. The molecule has 0 saturated carbocycles. The molecule has 7 heteroatoms. The van der Waals surface area contributed by atoms with E-state index in [0.717, 1.165) is 0 Å². The Morgan fingerprint density at radius 3 is 2.36 bits per heavy atom. The number of benzodiazepines with no additional fused rings is 1. The number of aromatic nitrogens is 1. The molecule has 2 heterocycles. The number of aliphatic imine (C=N–C) groups is 1. The number of nitrogens with two attached hydrogens (primary N) is 1. The summed E-state index contributed by atoms with van der Waals surface area (Å²) in [6.45, 7) is 4.98. The van der Waals surface area contributed by atoms with Crippen molar-refractivity contribution in [3.63, 3.8) is 0 Å². The normalized spacial score (nSPS) is 19.2. The Morgan fingerprint density at radius 2 is 1.71 bits per heavy atom. The number of hydrogen-bond acceptors (Lipinski definition) is 5. The number of carbonyl (C=O) groups excluding carboxylic acids is 1. The van der Waals surface area contributed by atoms with Crippen LogP contribution in [0.25, 0.3) is 0 Å². The molecule has 3 aromatic rings. The number of halogens is 1. The van der Waals surface area contributed by atoms with Gasteiger partial charge < -0.3 is 4.52 Å². The van der Waals surface area contributed by atoms with Gasteiger partial charge in [-0.25, -0.2) is 4.39 Å². The first kappa shape index (κ1) is 18.1. The number of benzene rings is 2. The van der Waals surface area contributed by atoms with Gasteiger partial charge in [-0.15, -0.1) is 0 Å². The van der Waals surface area contributed by atoms with Crippen LogP contribution in [0, 0.1) is 19.7 Å². The average Bonchev–Trinajstić information content (AvgIpc) is 2.96. The number of nitrogens with zero attached hydrogens (tertiary/aromatic N) is 3. The number of amides is 1. The topological polar surface area (TPSA) is 84.7 Å². The van der Waals surface area contributed by atoms with Crippen LogP contribution >= 0.6 is 0 Å². The summed E-state index contributed by atoms with van der Waals surface area (Å²) in [6, 6.07) is 13.5. The molecule has 6 nitrogen and oxygen atoms in total. The zero-order valence-electron chi connectivity index (χ0n) is 15.7. The van der Waals surface area contributed by atoms with Gasteiger partial charge in [0.1, 0.15) is 17.2 Å². The minimum Gasteiger partial charge on any atom is -0.359 e. The average molecular weight is 378 g/mol. The van der Waals surface area contributed by atoms with Crippen molar-refractivity contribution >= 4 is 23.0 Å². The third-order valence-corrected chi connectivity index (χ3v) is 4.73. The molecule has 0 bridgehead atoms. The lowest BCUT2D eigenvalue weighted by atomic mass is 9.99. The number of rotatable bonds is 2. The molecule has 1 unspecified atom stereocenters. The molecule has 0 aliphatic carbocycles. The first-order valence-corrected chi connectivity index (χ1v) is 8.81. The molecule has 0 radical (unpaired) electrons. The highest BCUT2D eigenvalue weighted by Gasteiger charge is 2.41. The maximum absolute atomic E-state index is 14.6. The minimum absolute atomic E-state index is 0.278. The number of aryl methyl sites for hydroxylation is 2. The van der Waals surface area contributed by atoms with E-state index in [-0.39, 0.29) is 5.56 Å². The second kappa shape index (κ2) is 6.38. The van der Waals surface area contributed by atoms with Crippen molar-refractivity contribution in [3.05, 3.63) is 76.9 Å². The molecule has 1 atom stereocenters. The molecule has 2 N–H and O–H groups in total. The van der Waals surface area contributed by atoms with E-state index in [2.05, 4.69) is 10.1 Å². The van der Waals surface area contributed by atoms with Gasteiger partial charge in [-0.05, 0) is 39.0 Å². The highest BCUT2D eigenvalue weighted by Crippen LogP contribution is 2.38. The van der Waals surface area contributed by atoms with Gasteiger partial charge in [-0.3, -0.25) is 20.4 Å². The second-order valence-corrected chi connectivity index (χ2v) is 6.92. The fourth-order valence-corrected chi connectivity index (χ4v) is 3.42. The van der Waals surface area contributed by atoms with Crippen molar-refractivity contribution in [1.29, 1.82) is 0 Å². The number of carbonyl (C=O) groups is 1. The SMILES string of the molecule is Cc1noc(C)c1N1C(=O)C(C)(N)N=C(c2ccccc2F)c2ccccc21. The molecule has 4 rings (SSSR count). The molecule has 0 fully saturated rings. The zero-order chi connectivity index (χ0) is 20.1. The van der Waals surface area contributed by atoms with Crippen LogP contribution in [0.5, 0.6) is 0 Å². The molecule has 1 aliphatic rings. The minimum atomic E-state index is -1.62. The Kier molecular flexibility index (Phi) is 4.12. The zero-order valence-corrected chi connectivity index (χ0v) is 15.7. The molecule has 142 valence electrons. The largest absolute Gasteiger partial charge is 0.359 e. The molecule has 28 heavy (non-hydrogen) atoms. The van der Waals surface area contributed by atoms with E-state index < -0.39 is 17.4 Å². The third kappa shape index (κ3) is 2.71. The van der Waals surface area contributed by atoms with Gasteiger partial charge in [0, 0.05) is 11.1 Å². The van der Waals surface area contributed by atoms with Crippen molar-refractivity contribution in [1.82, 2.24) is 5.16 Å². The van der Waals surface area contributed by atoms with Gasteiger partial charge in [0.15, 0.2) is 11.4 Å². The lowest BCUT2D eigenvalue weighted by molar-refractivity contribution is -0.122. The number of para-hydroxylation sites is 1. The van der Waals surface area contributed by atoms with Crippen LogP contribution in [0.1, 0.15) is 29.5 Å². The van der Waals surface area contributed by atoms with Gasteiger partial charge in [0.05, 0.1) is 11.4 Å². The Balaban J connectivity index is 2.05. The van der Waals surface area contributed by atoms with Gasteiger partial charge in [0.2, 0.25) is 0 Å². The summed E-state index contributed by atoms with van der Waals surface area (Å²) in [5.74, 6) is -0.420. The summed E-state index contributed by atoms with van der Waals surface area (Å²) in [7, 11) is 0. The highest BCUT2D eigenvalue weighted by atomic mass is 19.1. The monoisotopic (exact) mass is 378 g/mol. The number of fused-ring (bicyclic) bond motifs is 1. The first-order chi connectivity index (χ1) is 13.3. The van der Waals surface area contributed by atoms with Gasteiger partial charge >= 0.3 is 0 Å². The Morgan fingerprint density at radius 1 is 1.07 bits per heavy atom. The summed E-state index contributed by atoms with van der Waals surface area (Å²) in [4.78, 5) is 19.4.